The summed E-state index contributed by atoms with van der Waals surface area (Å²) in [7, 11) is 0. The van der Waals surface area contributed by atoms with Crippen LogP contribution in [0.5, 0.6) is 0 Å². The minimum absolute atomic E-state index is 0.0427. The average molecular weight is 412 g/mol. The number of carbonyl (C=O) groups is 2. The quantitative estimate of drug-likeness (QED) is 0.655. The molecule has 0 heterocycles. The van der Waals surface area contributed by atoms with E-state index >= 15 is 0 Å². The fourth-order valence-electron chi connectivity index (χ4n) is 2.70. The lowest BCUT2D eigenvalue weighted by atomic mass is 10.0. The smallest absolute Gasteiger partial charge is 0.275 e. The van der Waals surface area contributed by atoms with Crippen molar-refractivity contribution in [1.29, 1.82) is 0 Å². The minimum atomic E-state index is -0.583. The lowest BCUT2D eigenvalue weighted by molar-refractivity contribution is -0.682. The Balaban J connectivity index is 1.94. The van der Waals surface area contributed by atoms with Crippen LogP contribution >= 0.6 is 23.2 Å². The Labute approximate surface area is 168 Å². The summed E-state index contributed by atoms with van der Waals surface area (Å²) in [6, 6.07) is 11.3. The van der Waals surface area contributed by atoms with Gasteiger partial charge in [-0.25, -0.2) is 4.39 Å². The monoisotopic (exact) mass is 411 g/mol. The molecule has 0 aromatic heterocycles. The van der Waals surface area contributed by atoms with Crippen LogP contribution in [0.15, 0.2) is 42.5 Å². The highest BCUT2D eigenvalue weighted by Crippen LogP contribution is 2.27. The second-order valence-corrected chi connectivity index (χ2v) is 7.25. The summed E-state index contributed by atoms with van der Waals surface area (Å²) < 4.78 is 13.7. The van der Waals surface area contributed by atoms with Gasteiger partial charge in [-0.2, -0.15) is 0 Å². The van der Waals surface area contributed by atoms with Crippen LogP contribution < -0.4 is 10.6 Å². The number of quaternary nitrogens is 1. The Kier molecular flexibility index (Phi) is 7.78. The van der Waals surface area contributed by atoms with E-state index in [1.807, 2.05) is 37.3 Å². The molecule has 0 aliphatic heterocycles. The summed E-state index contributed by atoms with van der Waals surface area (Å²) in [4.78, 5) is 24.1. The summed E-state index contributed by atoms with van der Waals surface area (Å²) in [6.45, 7) is 3.35. The van der Waals surface area contributed by atoms with Crippen molar-refractivity contribution in [1.82, 2.24) is 5.32 Å². The zero-order valence-electron chi connectivity index (χ0n) is 15.1. The van der Waals surface area contributed by atoms with Crippen molar-refractivity contribution in [3.63, 3.8) is 0 Å². The Morgan fingerprint density at radius 1 is 1.15 bits per heavy atom. The molecule has 2 atom stereocenters. The maximum atomic E-state index is 13.7. The maximum Gasteiger partial charge on any atom is 0.275 e. The third-order valence-electron chi connectivity index (χ3n) is 4.30. The van der Waals surface area contributed by atoms with Crippen LogP contribution in [0.2, 0.25) is 10.0 Å². The van der Waals surface area contributed by atoms with E-state index in [9.17, 15) is 14.0 Å². The molecule has 144 valence electrons. The van der Waals surface area contributed by atoms with E-state index in [1.165, 1.54) is 19.1 Å². The highest BCUT2D eigenvalue weighted by Gasteiger charge is 2.21. The van der Waals surface area contributed by atoms with Crippen LogP contribution in [0.4, 0.5) is 4.39 Å². The topological polar surface area (TPSA) is 62.8 Å². The molecule has 3 N–H and O–H groups in total. The number of rotatable bonds is 8. The molecule has 27 heavy (non-hydrogen) atoms. The normalized spacial score (nSPS) is 13.1. The number of amides is 1. The maximum absolute atomic E-state index is 13.7. The molecular formula is C20H22Cl2FN2O2+. The largest absolute Gasteiger partial charge is 0.341 e. The van der Waals surface area contributed by atoms with Gasteiger partial charge in [0.05, 0.1) is 16.1 Å². The lowest BCUT2D eigenvalue weighted by Crippen LogP contribution is -2.87. The van der Waals surface area contributed by atoms with Crippen molar-refractivity contribution in [2.24, 2.45) is 0 Å². The molecule has 0 bridgehead atoms. The molecule has 2 aromatic rings. The van der Waals surface area contributed by atoms with Gasteiger partial charge in [0.1, 0.15) is 11.9 Å². The van der Waals surface area contributed by atoms with Gasteiger partial charge in [0, 0.05) is 5.56 Å². The van der Waals surface area contributed by atoms with Crippen molar-refractivity contribution in [3.05, 3.63) is 69.5 Å². The SMILES string of the molecule is CC(=O)[C@H](Cc1ccccc1)NC(=O)C[NH2+][C@@H](C)c1cc(F)c(Cl)cc1Cl. The molecule has 0 radical (unpaired) electrons. The van der Waals surface area contributed by atoms with E-state index < -0.39 is 11.9 Å². The molecule has 7 heteroatoms. The van der Waals surface area contributed by atoms with Gasteiger partial charge < -0.3 is 10.6 Å². The Hall–Kier alpha value is -1.95. The van der Waals surface area contributed by atoms with Gasteiger partial charge in [0.15, 0.2) is 12.3 Å². The molecule has 0 spiro atoms. The summed E-state index contributed by atoms with van der Waals surface area (Å²) in [6.07, 6.45) is 0.436. The van der Waals surface area contributed by atoms with E-state index in [2.05, 4.69) is 5.32 Å². The molecule has 2 aromatic carbocycles. The summed E-state index contributed by atoms with van der Waals surface area (Å²) in [5, 5.41) is 4.79. The van der Waals surface area contributed by atoms with Crippen LogP contribution in [0.1, 0.15) is 31.0 Å². The first-order valence-electron chi connectivity index (χ1n) is 8.59. The van der Waals surface area contributed by atoms with E-state index in [1.54, 1.807) is 5.32 Å². The van der Waals surface area contributed by atoms with Gasteiger partial charge in [-0.3, -0.25) is 9.59 Å². The molecule has 0 unspecified atom stereocenters. The summed E-state index contributed by atoms with van der Waals surface area (Å²) >= 11 is 11.8. The Morgan fingerprint density at radius 3 is 2.44 bits per heavy atom. The number of halogens is 3. The predicted octanol–water partition coefficient (Wildman–Crippen LogP) is 3.07. The molecule has 0 saturated heterocycles. The van der Waals surface area contributed by atoms with Gasteiger partial charge in [-0.1, -0.05) is 53.5 Å². The fraction of sp³-hybridized carbons (Fsp3) is 0.300. The van der Waals surface area contributed by atoms with Crippen molar-refractivity contribution in [2.75, 3.05) is 6.54 Å². The first-order valence-corrected chi connectivity index (χ1v) is 9.35. The molecule has 0 aliphatic carbocycles. The van der Waals surface area contributed by atoms with Crippen LogP contribution in [0.3, 0.4) is 0 Å². The predicted molar refractivity (Wildman–Crippen MR) is 104 cm³/mol. The number of benzene rings is 2. The number of ketones is 1. The number of nitrogens with one attached hydrogen (secondary N) is 1. The van der Waals surface area contributed by atoms with Crippen LogP contribution in [0, 0.1) is 5.82 Å². The van der Waals surface area contributed by atoms with Crippen molar-refractivity contribution in [2.45, 2.75) is 32.4 Å². The summed E-state index contributed by atoms with van der Waals surface area (Å²) in [5.41, 5.74) is 1.53. The van der Waals surface area contributed by atoms with Crippen LogP contribution in [-0.4, -0.2) is 24.3 Å². The molecule has 0 saturated carbocycles. The zero-order chi connectivity index (χ0) is 20.0. The van der Waals surface area contributed by atoms with Crippen LogP contribution in [-0.2, 0) is 16.0 Å². The van der Waals surface area contributed by atoms with E-state index in [0.29, 0.717) is 17.0 Å². The van der Waals surface area contributed by atoms with Gasteiger partial charge in [0.25, 0.3) is 5.91 Å². The Morgan fingerprint density at radius 2 is 1.81 bits per heavy atom. The fourth-order valence-corrected chi connectivity index (χ4v) is 3.25. The number of hydrogen-bond donors (Lipinski definition) is 2. The molecule has 0 fully saturated rings. The Bertz CT molecular complexity index is 815. The third kappa shape index (κ3) is 6.31. The van der Waals surface area contributed by atoms with Gasteiger partial charge in [-0.15, -0.1) is 0 Å². The summed E-state index contributed by atoms with van der Waals surface area (Å²) in [5.74, 6) is -0.938. The van der Waals surface area contributed by atoms with E-state index in [0.717, 1.165) is 5.56 Å². The first-order chi connectivity index (χ1) is 12.8. The van der Waals surface area contributed by atoms with Crippen molar-refractivity contribution in [3.8, 4) is 0 Å². The van der Waals surface area contributed by atoms with Crippen molar-refractivity contribution >= 4 is 34.9 Å². The average Bonchev–Trinajstić information content (AvgIpc) is 2.63. The standard InChI is InChI=1S/C20H21Cl2FN2O2/c1-12(15-9-18(23)17(22)10-16(15)21)24-11-20(27)25-19(13(2)26)8-14-6-4-3-5-7-14/h3-7,9-10,12,19,24H,8,11H2,1-2H3,(H,25,27)/p+1/t12-,19-/m0/s1. The van der Waals surface area contributed by atoms with Crippen molar-refractivity contribution < 1.29 is 19.3 Å². The molecule has 2 rings (SSSR count). The highest BCUT2D eigenvalue weighted by atomic mass is 35.5. The zero-order valence-corrected chi connectivity index (χ0v) is 16.6. The van der Waals surface area contributed by atoms with Gasteiger partial charge >= 0.3 is 0 Å². The number of hydrogen-bond acceptors (Lipinski definition) is 2. The molecule has 1 amide bonds. The molecular weight excluding hydrogens is 390 g/mol. The van der Waals surface area contributed by atoms with Gasteiger partial charge in [0.2, 0.25) is 0 Å². The molecule has 4 nitrogen and oxygen atoms in total. The first kappa shape index (κ1) is 21.4. The molecule has 0 aliphatic rings. The third-order valence-corrected chi connectivity index (χ3v) is 4.91. The lowest BCUT2D eigenvalue weighted by Gasteiger charge is -2.17. The van der Waals surface area contributed by atoms with E-state index in [4.69, 9.17) is 23.2 Å². The number of carbonyl (C=O) groups excluding carboxylic acids is 2. The van der Waals surface area contributed by atoms with Crippen LogP contribution in [0.25, 0.3) is 0 Å². The highest BCUT2D eigenvalue weighted by molar-refractivity contribution is 6.35. The second kappa shape index (κ2) is 9.83. The second-order valence-electron chi connectivity index (χ2n) is 6.44. The number of nitrogens with two attached hydrogens (primary N) is 1. The van der Waals surface area contributed by atoms with E-state index in [-0.39, 0.29) is 29.3 Å². The van der Waals surface area contributed by atoms with Gasteiger partial charge in [-0.05, 0) is 38.0 Å². The number of Topliss-reactive ketones (excluding diaryl/α,β-unsaturated/α-hetero) is 1. The minimum Gasteiger partial charge on any atom is -0.341 e.